The van der Waals surface area contributed by atoms with Crippen LogP contribution in [0.2, 0.25) is 0 Å². The average molecular weight is 265 g/mol. The molecule has 0 fully saturated rings. The van der Waals surface area contributed by atoms with Crippen LogP contribution in [0.25, 0.3) is 0 Å². The highest BCUT2D eigenvalue weighted by Gasteiger charge is 2.11. The lowest BCUT2D eigenvalue weighted by atomic mass is 10.0. The Morgan fingerprint density at radius 3 is 2.16 bits per heavy atom. The number of hydrogen-bond donors (Lipinski definition) is 1. The van der Waals surface area contributed by atoms with Crippen LogP contribution in [-0.4, -0.2) is 37.3 Å². The molecule has 0 aliphatic rings. The van der Waals surface area contributed by atoms with Gasteiger partial charge >= 0.3 is 0 Å². The van der Waals surface area contributed by atoms with Crippen LogP contribution < -0.4 is 5.32 Å². The fourth-order valence-electron chi connectivity index (χ4n) is 2.25. The smallest absolute Gasteiger partial charge is 0.128 e. The van der Waals surface area contributed by atoms with Crippen molar-refractivity contribution in [2.75, 3.05) is 27.3 Å². The van der Waals surface area contributed by atoms with E-state index < -0.39 is 0 Å². The first-order valence-corrected chi connectivity index (χ1v) is 7.27. The fraction of sp³-hybridized carbons (Fsp3) is 0.733. The van der Waals surface area contributed by atoms with Gasteiger partial charge < -0.3 is 10.1 Å². The molecule has 0 amide bonds. The average Bonchev–Trinajstić information content (AvgIpc) is 2.45. The van der Waals surface area contributed by atoms with Crippen molar-refractivity contribution in [2.45, 2.75) is 46.0 Å². The first-order chi connectivity index (χ1) is 9.26. The third kappa shape index (κ3) is 4.88. The van der Waals surface area contributed by atoms with Crippen molar-refractivity contribution in [3.63, 3.8) is 0 Å². The maximum absolute atomic E-state index is 5.09. The Balaban J connectivity index is 2.91. The van der Waals surface area contributed by atoms with Gasteiger partial charge in [0.25, 0.3) is 0 Å². The standard InChI is InChI=1S/C15H27N3O/c1-5-13-12(9-10-16-3)14(6-2)18-15(17-13)8-7-11-19-4/h16H,5-11H2,1-4H3. The minimum Gasteiger partial charge on any atom is -0.385 e. The summed E-state index contributed by atoms with van der Waals surface area (Å²) in [4.78, 5) is 9.46. The molecule has 1 aromatic rings. The van der Waals surface area contributed by atoms with Gasteiger partial charge in [0.2, 0.25) is 0 Å². The van der Waals surface area contributed by atoms with Crippen molar-refractivity contribution in [1.29, 1.82) is 0 Å². The molecule has 0 aliphatic carbocycles. The van der Waals surface area contributed by atoms with Gasteiger partial charge in [0.05, 0.1) is 0 Å². The highest BCUT2D eigenvalue weighted by Crippen LogP contribution is 2.15. The zero-order chi connectivity index (χ0) is 14.1. The summed E-state index contributed by atoms with van der Waals surface area (Å²) in [7, 11) is 3.72. The van der Waals surface area contributed by atoms with E-state index in [1.54, 1.807) is 7.11 Å². The van der Waals surface area contributed by atoms with Gasteiger partial charge in [-0.15, -0.1) is 0 Å². The maximum atomic E-state index is 5.09. The van der Waals surface area contributed by atoms with Crippen molar-refractivity contribution in [2.24, 2.45) is 0 Å². The largest absolute Gasteiger partial charge is 0.385 e. The normalized spacial score (nSPS) is 10.9. The summed E-state index contributed by atoms with van der Waals surface area (Å²) in [6.45, 7) is 6.09. The van der Waals surface area contributed by atoms with Gasteiger partial charge in [0.1, 0.15) is 5.82 Å². The Kier molecular flexibility index (Phi) is 7.60. The zero-order valence-electron chi connectivity index (χ0n) is 12.8. The van der Waals surface area contributed by atoms with Crippen molar-refractivity contribution < 1.29 is 4.74 Å². The van der Waals surface area contributed by atoms with Gasteiger partial charge in [-0.05, 0) is 44.8 Å². The molecule has 4 nitrogen and oxygen atoms in total. The monoisotopic (exact) mass is 265 g/mol. The van der Waals surface area contributed by atoms with Crippen LogP contribution >= 0.6 is 0 Å². The molecule has 0 saturated heterocycles. The zero-order valence-corrected chi connectivity index (χ0v) is 12.8. The molecule has 0 saturated carbocycles. The van der Waals surface area contributed by atoms with Gasteiger partial charge in [0, 0.05) is 31.5 Å². The number of methoxy groups -OCH3 is 1. The summed E-state index contributed by atoms with van der Waals surface area (Å²) in [5.74, 6) is 0.971. The van der Waals surface area contributed by atoms with Crippen LogP contribution in [0, 0.1) is 0 Å². The van der Waals surface area contributed by atoms with Crippen LogP contribution in [0.5, 0.6) is 0 Å². The van der Waals surface area contributed by atoms with Gasteiger partial charge in [0.15, 0.2) is 0 Å². The fourth-order valence-corrected chi connectivity index (χ4v) is 2.25. The second-order valence-corrected chi connectivity index (χ2v) is 4.67. The number of ether oxygens (including phenoxy) is 1. The molecule has 1 heterocycles. The second kappa shape index (κ2) is 8.99. The van der Waals surface area contributed by atoms with Gasteiger partial charge in [-0.2, -0.15) is 0 Å². The molecule has 4 heteroatoms. The first kappa shape index (κ1) is 16.1. The Hall–Kier alpha value is -1.00. The summed E-state index contributed by atoms with van der Waals surface area (Å²) in [5.41, 5.74) is 3.78. The Labute approximate surface area is 117 Å². The van der Waals surface area contributed by atoms with Gasteiger partial charge in [-0.25, -0.2) is 9.97 Å². The molecule has 0 bridgehead atoms. The van der Waals surface area contributed by atoms with E-state index in [-0.39, 0.29) is 0 Å². The molecule has 19 heavy (non-hydrogen) atoms. The molecule has 1 rings (SSSR count). The van der Waals surface area contributed by atoms with Crippen LogP contribution in [0.15, 0.2) is 0 Å². The minimum atomic E-state index is 0.772. The van der Waals surface area contributed by atoms with Gasteiger partial charge in [-0.3, -0.25) is 0 Å². The lowest BCUT2D eigenvalue weighted by molar-refractivity contribution is 0.194. The summed E-state index contributed by atoms with van der Waals surface area (Å²) < 4.78 is 5.09. The van der Waals surface area contributed by atoms with E-state index >= 15 is 0 Å². The lowest BCUT2D eigenvalue weighted by Crippen LogP contribution is -2.16. The number of nitrogens with zero attached hydrogens (tertiary/aromatic N) is 2. The Bertz CT molecular complexity index is 355. The van der Waals surface area contributed by atoms with Crippen molar-refractivity contribution in [1.82, 2.24) is 15.3 Å². The van der Waals surface area contributed by atoms with Crippen LogP contribution in [0.3, 0.4) is 0 Å². The number of aromatic nitrogens is 2. The van der Waals surface area contributed by atoms with Crippen molar-refractivity contribution >= 4 is 0 Å². The topological polar surface area (TPSA) is 47.0 Å². The molecule has 0 atom stereocenters. The SMILES string of the molecule is CCc1nc(CCCOC)nc(CC)c1CCNC. The van der Waals surface area contributed by atoms with Crippen molar-refractivity contribution in [3.8, 4) is 0 Å². The molecule has 108 valence electrons. The molecule has 1 aromatic heterocycles. The molecule has 0 aliphatic heterocycles. The molecule has 0 spiro atoms. The van der Waals surface area contributed by atoms with E-state index in [9.17, 15) is 0 Å². The van der Waals surface area contributed by atoms with E-state index in [1.807, 2.05) is 7.05 Å². The second-order valence-electron chi connectivity index (χ2n) is 4.67. The number of likely N-dealkylation sites (N-methyl/N-ethyl adjacent to an activating group) is 1. The maximum Gasteiger partial charge on any atom is 0.128 e. The summed E-state index contributed by atoms with van der Waals surface area (Å²) in [5, 5.41) is 3.20. The number of nitrogens with one attached hydrogen (secondary N) is 1. The van der Waals surface area contributed by atoms with E-state index in [2.05, 4.69) is 19.2 Å². The first-order valence-electron chi connectivity index (χ1n) is 7.27. The predicted octanol–water partition coefficient (Wildman–Crippen LogP) is 1.94. The van der Waals surface area contributed by atoms with Crippen molar-refractivity contribution in [3.05, 3.63) is 22.8 Å². The molecular formula is C15H27N3O. The molecule has 0 unspecified atom stereocenters. The number of rotatable bonds is 9. The molecular weight excluding hydrogens is 238 g/mol. The number of hydrogen-bond acceptors (Lipinski definition) is 4. The summed E-state index contributed by atoms with van der Waals surface area (Å²) in [6.07, 6.45) is 4.86. The Morgan fingerprint density at radius 1 is 1.05 bits per heavy atom. The van der Waals surface area contributed by atoms with E-state index in [1.165, 1.54) is 17.0 Å². The van der Waals surface area contributed by atoms with E-state index in [0.29, 0.717) is 0 Å². The van der Waals surface area contributed by atoms with Crippen LogP contribution in [-0.2, 0) is 30.4 Å². The molecule has 0 aromatic carbocycles. The van der Waals surface area contributed by atoms with E-state index in [0.717, 1.165) is 51.1 Å². The lowest BCUT2D eigenvalue weighted by Gasteiger charge is -2.13. The highest BCUT2D eigenvalue weighted by atomic mass is 16.5. The quantitative estimate of drug-likeness (QED) is 0.693. The van der Waals surface area contributed by atoms with Crippen LogP contribution in [0.4, 0.5) is 0 Å². The highest BCUT2D eigenvalue weighted by molar-refractivity contribution is 5.27. The Morgan fingerprint density at radius 2 is 1.68 bits per heavy atom. The predicted molar refractivity (Wildman–Crippen MR) is 78.6 cm³/mol. The summed E-state index contributed by atoms with van der Waals surface area (Å²) in [6, 6.07) is 0. The summed E-state index contributed by atoms with van der Waals surface area (Å²) >= 11 is 0. The van der Waals surface area contributed by atoms with E-state index in [4.69, 9.17) is 14.7 Å². The van der Waals surface area contributed by atoms with Crippen LogP contribution in [0.1, 0.15) is 43.0 Å². The number of aryl methyl sites for hydroxylation is 3. The third-order valence-electron chi connectivity index (χ3n) is 3.27. The molecule has 1 N–H and O–H groups in total. The van der Waals surface area contributed by atoms with Gasteiger partial charge in [-0.1, -0.05) is 13.8 Å². The third-order valence-corrected chi connectivity index (χ3v) is 3.27. The molecule has 0 radical (unpaired) electrons. The minimum absolute atomic E-state index is 0.772.